The van der Waals surface area contributed by atoms with Crippen LogP contribution in [0.3, 0.4) is 0 Å². The Hall–Kier alpha value is -0.770. The largest absolute Gasteiger partial charge is 0.394 e. The van der Waals surface area contributed by atoms with Gasteiger partial charge in [0.1, 0.15) is 30.5 Å². The van der Waals surface area contributed by atoms with Crippen molar-refractivity contribution < 1.29 is 35.1 Å². The van der Waals surface area contributed by atoms with Crippen molar-refractivity contribution in [3.8, 4) is 0 Å². The number of hydrogen-bond donors (Lipinski definition) is 6. The molecule has 100 valence electrons. The van der Waals surface area contributed by atoms with E-state index < -0.39 is 49.3 Å². The lowest BCUT2D eigenvalue weighted by atomic mass is 9.97. The summed E-state index contributed by atoms with van der Waals surface area (Å²) in [4.78, 5) is 11.2. The molecule has 0 aromatic carbocycles. The maximum absolute atomic E-state index is 11.2. The van der Waals surface area contributed by atoms with E-state index >= 15 is 0 Å². The number of nitrogens with one attached hydrogen (secondary N) is 1. The van der Waals surface area contributed by atoms with Gasteiger partial charge in [-0.1, -0.05) is 0 Å². The van der Waals surface area contributed by atoms with Gasteiger partial charge in [0.2, 0.25) is 5.91 Å². The quantitative estimate of drug-likeness (QED) is 0.303. The summed E-state index contributed by atoms with van der Waals surface area (Å²) in [6.07, 6.45) is -6.96. The van der Waals surface area contributed by atoms with Gasteiger partial charge in [-0.2, -0.15) is 0 Å². The second kappa shape index (κ2) is 5.71. The molecule has 0 radical (unpaired) electrons. The second-order valence-corrected chi connectivity index (χ2v) is 3.94. The van der Waals surface area contributed by atoms with Crippen LogP contribution in [0.4, 0.5) is 0 Å². The highest BCUT2D eigenvalue weighted by Gasteiger charge is 2.44. The number of carbonyl (C=O) groups excluding carboxylic acids is 1. The summed E-state index contributed by atoms with van der Waals surface area (Å²) in [5.41, 5.74) is 0. The standard InChI is InChI=1S/C9H17NO7/c1-3(12)8(15)10-5-7(14)6(13)4(2-11)17-9(5)16/h3-7,9,11-14,16H,2H2,1H3,(H,10,15)/t3-,4-,5-,6+,7-,9+/m1/s1. The van der Waals surface area contributed by atoms with Crippen molar-refractivity contribution in [1.82, 2.24) is 5.32 Å². The Kier molecular flexibility index (Phi) is 4.80. The zero-order valence-electron chi connectivity index (χ0n) is 9.22. The zero-order chi connectivity index (χ0) is 13.2. The first-order chi connectivity index (χ1) is 7.88. The van der Waals surface area contributed by atoms with Crippen molar-refractivity contribution in [2.75, 3.05) is 6.61 Å². The van der Waals surface area contributed by atoms with Crippen LogP contribution < -0.4 is 5.32 Å². The van der Waals surface area contributed by atoms with Gasteiger partial charge in [-0.05, 0) is 6.92 Å². The molecule has 1 saturated heterocycles. The third-order valence-electron chi connectivity index (χ3n) is 2.59. The summed E-state index contributed by atoms with van der Waals surface area (Å²) in [7, 11) is 0. The third-order valence-corrected chi connectivity index (χ3v) is 2.59. The van der Waals surface area contributed by atoms with Crippen LogP contribution in [0.2, 0.25) is 0 Å². The Morgan fingerprint density at radius 3 is 2.41 bits per heavy atom. The predicted molar refractivity (Wildman–Crippen MR) is 53.6 cm³/mol. The van der Waals surface area contributed by atoms with E-state index in [1.165, 1.54) is 6.92 Å². The fourth-order valence-electron chi connectivity index (χ4n) is 1.54. The molecule has 0 unspecified atom stereocenters. The van der Waals surface area contributed by atoms with Crippen LogP contribution >= 0.6 is 0 Å². The Morgan fingerprint density at radius 1 is 1.35 bits per heavy atom. The van der Waals surface area contributed by atoms with E-state index in [2.05, 4.69) is 5.32 Å². The topological polar surface area (TPSA) is 139 Å². The van der Waals surface area contributed by atoms with Crippen LogP contribution in [0, 0.1) is 0 Å². The molecule has 0 spiro atoms. The maximum atomic E-state index is 11.2. The smallest absolute Gasteiger partial charge is 0.249 e. The lowest BCUT2D eigenvalue weighted by Gasteiger charge is -2.40. The number of amides is 1. The molecule has 1 heterocycles. The average Bonchev–Trinajstić information content (AvgIpc) is 2.28. The van der Waals surface area contributed by atoms with Gasteiger partial charge < -0.3 is 35.6 Å². The molecule has 0 bridgehead atoms. The van der Waals surface area contributed by atoms with Gasteiger partial charge in [0.25, 0.3) is 0 Å². The van der Waals surface area contributed by atoms with Gasteiger partial charge >= 0.3 is 0 Å². The minimum atomic E-state index is -1.58. The normalized spacial score (nSPS) is 39.8. The summed E-state index contributed by atoms with van der Waals surface area (Å²) >= 11 is 0. The van der Waals surface area contributed by atoms with E-state index in [9.17, 15) is 20.1 Å². The molecule has 0 aromatic heterocycles. The van der Waals surface area contributed by atoms with Gasteiger partial charge in [0.15, 0.2) is 6.29 Å². The van der Waals surface area contributed by atoms with Crippen molar-refractivity contribution in [2.45, 2.75) is 43.7 Å². The third kappa shape index (κ3) is 3.12. The Labute approximate surface area is 97.4 Å². The van der Waals surface area contributed by atoms with Crippen LogP contribution in [-0.2, 0) is 9.53 Å². The minimum absolute atomic E-state index is 0.577. The molecule has 0 aromatic rings. The van der Waals surface area contributed by atoms with Gasteiger partial charge in [-0.25, -0.2) is 0 Å². The van der Waals surface area contributed by atoms with Gasteiger partial charge in [0.05, 0.1) is 6.61 Å². The van der Waals surface area contributed by atoms with Crippen molar-refractivity contribution >= 4 is 5.91 Å². The Morgan fingerprint density at radius 2 is 1.94 bits per heavy atom. The molecule has 1 amide bonds. The molecule has 0 aliphatic carbocycles. The zero-order valence-corrected chi connectivity index (χ0v) is 9.22. The molecule has 8 heteroatoms. The molecular formula is C9H17NO7. The second-order valence-electron chi connectivity index (χ2n) is 3.94. The van der Waals surface area contributed by atoms with E-state index in [1.807, 2.05) is 0 Å². The van der Waals surface area contributed by atoms with Crippen LogP contribution in [-0.4, -0.2) is 74.8 Å². The number of aliphatic hydroxyl groups excluding tert-OH is 5. The molecule has 0 saturated carbocycles. The van der Waals surface area contributed by atoms with Crippen LogP contribution in [0.1, 0.15) is 6.92 Å². The highest BCUT2D eigenvalue weighted by atomic mass is 16.6. The molecule has 6 atom stereocenters. The molecule has 8 nitrogen and oxygen atoms in total. The van der Waals surface area contributed by atoms with Crippen LogP contribution in [0.15, 0.2) is 0 Å². The van der Waals surface area contributed by atoms with E-state index in [-0.39, 0.29) is 0 Å². The van der Waals surface area contributed by atoms with Crippen LogP contribution in [0.5, 0.6) is 0 Å². The minimum Gasteiger partial charge on any atom is -0.394 e. The van der Waals surface area contributed by atoms with Gasteiger partial charge in [-0.15, -0.1) is 0 Å². The molecule has 1 aliphatic rings. The summed E-state index contributed by atoms with van der Waals surface area (Å²) < 4.78 is 4.81. The first-order valence-electron chi connectivity index (χ1n) is 5.17. The van der Waals surface area contributed by atoms with E-state index in [1.54, 1.807) is 0 Å². The number of carbonyl (C=O) groups is 1. The molecule has 6 N–H and O–H groups in total. The van der Waals surface area contributed by atoms with E-state index in [0.29, 0.717) is 0 Å². The lowest BCUT2D eigenvalue weighted by molar-refractivity contribution is -0.254. The molecular weight excluding hydrogens is 234 g/mol. The average molecular weight is 251 g/mol. The number of ether oxygens (including phenoxy) is 1. The van der Waals surface area contributed by atoms with Crippen LogP contribution in [0.25, 0.3) is 0 Å². The molecule has 1 rings (SSSR count). The van der Waals surface area contributed by atoms with Crippen molar-refractivity contribution in [1.29, 1.82) is 0 Å². The lowest BCUT2D eigenvalue weighted by Crippen LogP contribution is -2.64. The highest BCUT2D eigenvalue weighted by molar-refractivity contribution is 5.80. The van der Waals surface area contributed by atoms with Crippen molar-refractivity contribution in [3.63, 3.8) is 0 Å². The molecule has 1 fully saturated rings. The number of hydrogen-bond acceptors (Lipinski definition) is 7. The summed E-state index contributed by atoms with van der Waals surface area (Å²) in [6.45, 7) is 0.636. The monoisotopic (exact) mass is 251 g/mol. The van der Waals surface area contributed by atoms with Crippen molar-refractivity contribution in [3.05, 3.63) is 0 Å². The van der Waals surface area contributed by atoms with Gasteiger partial charge in [0, 0.05) is 0 Å². The van der Waals surface area contributed by atoms with E-state index in [4.69, 9.17) is 14.9 Å². The van der Waals surface area contributed by atoms with Gasteiger partial charge in [-0.3, -0.25) is 4.79 Å². The maximum Gasteiger partial charge on any atom is 0.249 e. The van der Waals surface area contributed by atoms with Crippen molar-refractivity contribution in [2.24, 2.45) is 0 Å². The first-order valence-corrected chi connectivity index (χ1v) is 5.17. The SMILES string of the molecule is C[C@@H](O)C(=O)N[C@@H]1[C@@H](O)[C@@H](O)[C@@H](CO)O[C@@H]1O. The molecule has 1 aliphatic heterocycles. The molecule has 17 heavy (non-hydrogen) atoms. The van der Waals surface area contributed by atoms with E-state index in [0.717, 1.165) is 0 Å². The highest BCUT2D eigenvalue weighted by Crippen LogP contribution is 2.19. The summed E-state index contributed by atoms with van der Waals surface area (Å²) in [5.74, 6) is -0.814. The Balaban J connectivity index is 2.69. The fraction of sp³-hybridized carbons (Fsp3) is 0.889. The summed E-state index contributed by atoms with van der Waals surface area (Å²) in [6, 6.07) is -1.27. The number of aliphatic hydroxyl groups is 5. The fourth-order valence-corrected chi connectivity index (χ4v) is 1.54. The number of rotatable bonds is 3. The Bertz CT molecular complexity index is 272. The first kappa shape index (κ1) is 14.3. The summed E-state index contributed by atoms with van der Waals surface area (Å²) in [5, 5.41) is 48.6. The predicted octanol–water partition coefficient (Wildman–Crippen LogP) is -3.72.